The molecule has 0 aliphatic heterocycles. The van der Waals surface area contributed by atoms with Gasteiger partial charge in [0.2, 0.25) is 0 Å². The zero-order valence-corrected chi connectivity index (χ0v) is 9.45. The van der Waals surface area contributed by atoms with Gasteiger partial charge in [0.05, 0.1) is 5.56 Å². The number of carbonyl (C=O) groups excluding carboxylic acids is 1. The van der Waals surface area contributed by atoms with Crippen molar-refractivity contribution in [3.8, 4) is 0 Å². The number of hydrogen-bond acceptors (Lipinski definition) is 3. The van der Waals surface area contributed by atoms with Gasteiger partial charge in [-0.2, -0.15) is 0 Å². The molecule has 4 nitrogen and oxygen atoms in total. The fourth-order valence-corrected chi connectivity index (χ4v) is 1.17. The molecule has 15 heavy (non-hydrogen) atoms. The summed E-state index contributed by atoms with van der Waals surface area (Å²) in [6.45, 7) is 3.41. The largest absolute Gasteiger partial charge is 0.351 e. The SMILES string of the molecule is Cc1cncc(C(=O)NCCN(C)C)c1. The summed E-state index contributed by atoms with van der Waals surface area (Å²) >= 11 is 0. The molecular formula is C11H17N3O. The van der Waals surface area contributed by atoms with Gasteiger partial charge in [0.1, 0.15) is 0 Å². The second-order valence-corrected chi connectivity index (χ2v) is 3.81. The fourth-order valence-electron chi connectivity index (χ4n) is 1.17. The Morgan fingerprint density at radius 3 is 2.80 bits per heavy atom. The van der Waals surface area contributed by atoms with Crippen molar-refractivity contribution in [1.82, 2.24) is 15.2 Å². The van der Waals surface area contributed by atoms with Crippen LogP contribution in [0.4, 0.5) is 0 Å². The van der Waals surface area contributed by atoms with Crippen LogP contribution in [-0.2, 0) is 0 Å². The van der Waals surface area contributed by atoms with Crippen LogP contribution in [0.1, 0.15) is 15.9 Å². The van der Waals surface area contributed by atoms with E-state index < -0.39 is 0 Å². The fraction of sp³-hybridized carbons (Fsp3) is 0.455. The quantitative estimate of drug-likeness (QED) is 0.789. The lowest BCUT2D eigenvalue weighted by molar-refractivity contribution is 0.0950. The number of aromatic nitrogens is 1. The topological polar surface area (TPSA) is 45.2 Å². The van der Waals surface area contributed by atoms with Crippen LogP contribution in [0.15, 0.2) is 18.5 Å². The minimum Gasteiger partial charge on any atom is -0.351 e. The molecule has 0 saturated carbocycles. The van der Waals surface area contributed by atoms with Gasteiger partial charge in [-0.3, -0.25) is 9.78 Å². The summed E-state index contributed by atoms with van der Waals surface area (Å²) in [6.07, 6.45) is 3.31. The molecule has 1 heterocycles. The monoisotopic (exact) mass is 207 g/mol. The van der Waals surface area contributed by atoms with Gasteiger partial charge in [0.15, 0.2) is 0 Å². The minimum absolute atomic E-state index is 0.0620. The highest BCUT2D eigenvalue weighted by Gasteiger charge is 2.04. The van der Waals surface area contributed by atoms with Gasteiger partial charge in [0.25, 0.3) is 5.91 Å². The molecule has 0 atom stereocenters. The zero-order valence-electron chi connectivity index (χ0n) is 9.45. The van der Waals surface area contributed by atoms with E-state index in [-0.39, 0.29) is 5.91 Å². The third-order valence-electron chi connectivity index (χ3n) is 1.98. The molecule has 0 aliphatic rings. The van der Waals surface area contributed by atoms with Crippen molar-refractivity contribution in [1.29, 1.82) is 0 Å². The van der Waals surface area contributed by atoms with Gasteiger partial charge in [-0.25, -0.2) is 0 Å². The first-order valence-electron chi connectivity index (χ1n) is 4.94. The normalized spacial score (nSPS) is 10.4. The minimum atomic E-state index is -0.0620. The molecule has 0 radical (unpaired) electrons. The molecule has 0 bridgehead atoms. The van der Waals surface area contributed by atoms with Crippen LogP contribution in [0.2, 0.25) is 0 Å². The van der Waals surface area contributed by atoms with E-state index in [0.717, 1.165) is 12.1 Å². The summed E-state index contributed by atoms with van der Waals surface area (Å²) < 4.78 is 0. The zero-order chi connectivity index (χ0) is 11.3. The number of aryl methyl sites for hydroxylation is 1. The molecule has 0 aromatic carbocycles. The number of nitrogens with one attached hydrogen (secondary N) is 1. The highest BCUT2D eigenvalue weighted by molar-refractivity contribution is 5.93. The standard InChI is InChI=1S/C11H17N3O/c1-9-6-10(8-12-7-9)11(15)13-4-5-14(2)3/h6-8H,4-5H2,1-3H3,(H,13,15). The van der Waals surface area contributed by atoms with E-state index in [1.165, 1.54) is 0 Å². The molecule has 1 rings (SSSR count). The van der Waals surface area contributed by atoms with Crippen molar-refractivity contribution in [3.05, 3.63) is 29.6 Å². The molecule has 0 spiro atoms. The number of hydrogen-bond donors (Lipinski definition) is 1. The Balaban J connectivity index is 2.47. The third kappa shape index (κ3) is 4.08. The second kappa shape index (κ2) is 5.46. The lowest BCUT2D eigenvalue weighted by Crippen LogP contribution is -2.31. The Bertz CT molecular complexity index is 336. The van der Waals surface area contributed by atoms with E-state index in [9.17, 15) is 4.79 Å². The van der Waals surface area contributed by atoms with Gasteiger partial charge in [0, 0.05) is 25.5 Å². The Labute approximate surface area is 90.3 Å². The summed E-state index contributed by atoms with van der Waals surface area (Å²) in [5.41, 5.74) is 1.61. The van der Waals surface area contributed by atoms with Gasteiger partial charge >= 0.3 is 0 Å². The summed E-state index contributed by atoms with van der Waals surface area (Å²) in [5.74, 6) is -0.0620. The summed E-state index contributed by atoms with van der Waals surface area (Å²) in [7, 11) is 3.95. The van der Waals surface area contributed by atoms with E-state index in [0.29, 0.717) is 12.1 Å². The lowest BCUT2D eigenvalue weighted by Gasteiger charge is -2.10. The maximum absolute atomic E-state index is 11.6. The number of rotatable bonds is 4. The summed E-state index contributed by atoms with van der Waals surface area (Å²) in [5, 5.41) is 2.84. The van der Waals surface area contributed by atoms with Gasteiger partial charge < -0.3 is 10.2 Å². The van der Waals surface area contributed by atoms with E-state index in [2.05, 4.69) is 10.3 Å². The van der Waals surface area contributed by atoms with Crippen LogP contribution >= 0.6 is 0 Å². The van der Waals surface area contributed by atoms with Crippen LogP contribution < -0.4 is 5.32 Å². The first-order valence-corrected chi connectivity index (χ1v) is 4.94. The molecule has 1 aromatic rings. The Morgan fingerprint density at radius 1 is 1.47 bits per heavy atom. The molecule has 1 N–H and O–H groups in total. The average molecular weight is 207 g/mol. The smallest absolute Gasteiger partial charge is 0.252 e. The molecule has 82 valence electrons. The molecule has 0 aliphatic carbocycles. The maximum atomic E-state index is 11.6. The molecular weight excluding hydrogens is 190 g/mol. The van der Waals surface area contributed by atoms with Gasteiger partial charge in [-0.15, -0.1) is 0 Å². The van der Waals surface area contributed by atoms with E-state index >= 15 is 0 Å². The molecule has 0 fully saturated rings. The highest BCUT2D eigenvalue weighted by Crippen LogP contribution is 2.00. The summed E-state index contributed by atoms with van der Waals surface area (Å²) in [6, 6.07) is 1.83. The molecule has 1 amide bonds. The number of carbonyl (C=O) groups is 1. The second-order valence-electron chi connectivity index (χ2n) is 3.81. The van der Waals surface area contributed by atoms with Crippen molar-refractivity contribution in [3.63, 3.8) is 0 Å². The van der Waals surface area contributed by atoms with Crippen LogP contribution in [0.25, 0.3) is 0 Å². The van der Waals surface area contributed by atoms with Crippen LogP contribution in [0.5, 0.6) is 0 Å². The number of likely N-dealkylation sites (N-methyl/N-ethyl adjacent to an activating group) is 1. The van der Waals surface area contributed by atoms with E-state index in [1.54, 1.807) is 12.4 Å². The van der Waals surface area contributed by atoms with Crippen molar-refractivity contribution in [2.75, 3.05) is 27.2 Å². The highest BCUT2D eigenvalue weighted by atomic mass is 16.1. The number of nitrogens with zero attached hydrogens (tertiary/aromatic N) is 2. The Kier molecular flexibility index (Phi) is 4.24. The number of amides is 1. The van der Waals surface area contributed by atoms with Gasteiger partial charge in [-0.05, 0) is 32.6 Å². The molecule has 0 unspecified atom stereocenters. The lowest BCUT2D eigenvalue weighted by atomic mass is 10.2. The predicted molar refractivity (Wildman–Crippen MR) is 59.9 cm³/mol. The molecule has 1 aromatic heterocycles. The number of pyridine rings is 1. The van der Waals surface area contributed by atoms with Crippen molar-refractivity contribution >= 4 is 5.91 Å². The first kappa shape index (κ1) is 11.7. The summed E-state index contributed by atoms with van der Waals surface area (Å²) in [4.78, 5) is 17.6. The van der Waals surface area contributed by atoms with Crippen LogP contribution in [-0.4, -0.2) is 43.0 Å². The van der Waals surface area contributed by atoms with Crippen LogP contribution in [0.3, 0.4) is 0 Å². The van der Waals surface area contributed by atoms with Gasteiger partial charge in [-0.1, -0.05) is 0 Å². The first-order chi connectivity index (χ1) is 7.09. The average Bonchev–Trinajstić information content (AvgIpc) is 2.17. The maximum Gasteiger partial charge on any atom is 0.252 e. The van der Waals surface area contributed by atoms with Crippen molar-refractivity contribution in [2.24, 2.45) is 0 Å². The Morgan fingerprint density at radius 2 is 2.20 bits per heavy atom. The third-order valence-corrected chi connectivity index (χ3v) is 1.98. The molecule has 0 saturated heterocycles. The van der Waals surface area contributed by atoms with E-state index in [1.807, 2.05) is 32.0 Å². The van der Waals surface area contributed by atoms with Crippen molar-refractivity contribution in [2.45, 2.75) is 6.92 Å². The van der Waals surface area contributed by atoms with Crippen LogP contribution in [0, 0.1) is 6.92 Å². The predicted octanol–water partition coefficient (Wildman–Crippen LogP) is 0.681. The van der Waals surface area contributed by atoms with E-state index in [4.69, 9.17) is 0 Å². The Hall–Kier alpha value is -1.42. The molecule has 4 heteroatoms. The van der Waals surface area contributed by atoms with Crippen molar-refractivity contribution < 1.29 is 4.79 Å².